The molecule has 1 rings (SSSR count). The second-order valence-electron chi connectivity index (χ2n) is 4.53. The van der Waals surface area contributed by atoms with E-state index in [2.05, 4.69) is 12.2 Å². The number of carbonyl (C=O) groups is 1. The zero-order chi connectivity index (χ0) is 12.7. The van der Waals surface area contributed by atoms with E-state index in [-0.39, 0.29) is 6.03 Å². The van der Waals surface area contributed by atoms with Crippen molar-refractivity contribution in [3.63, 3.8) is 0 Å². The van der Waals surface area contributed by atoms with E-state index in [9.17, 15) is 4.79 Å². The molecule has 0 saturated carbocycles. The Bertz CT molecular complexity index is 228. The van der Waals surface area contributed by atoms with Gasteiger partial charge in [-0.3, -0.25) is 0 Å². The highest BCUT2D eigenvalue weighted by Gasteiger charge is 2.24. The summed E-state index contributed by atoms with van der Waals surface area (Å²) in [6.45, 7) is 4.54. The highest BCUT2D eigenvalue weighted by atomic mass is 16.7. The van der Waals surface area contributed by atoms with Crippen LogP contribution in [0.2, 0.25) is 0 Å². The molecule has 0 aliphatic carbocycles. The number of nitrogens with one attached hydrogen (secondary N) is 1. The van der Waals surface area contributed by atoms with Crippen molar-refractivity contribution in [1.29, 1.82) is 0 Å². The van der Waals surface area contributed by atoms with Gasteiger partial charge in [-0.25, -0.2) is 4.79 Å². The first kappa shape index (κ1) is 14.3. The molecule has 0 aromatic heterocycles. The van der Waals surface area contributed by atoms with E-state index in [1.165, 1.54) is 0 Å². The smallest absolute Gasteiger partial charge is 0.317 e. The normalized spacial score (nSPS) is 17.5. The molecule has 100 valence electrons. The van der Waals surface area contributed by atoms with E-state index < -0.39 is 0 Å². The zero-order valence-electron chi connectivity index (χ0n) is 11.2. The van der Waals surface area contributed by atoms with Gasteiger partial charge >= 0.3 is 6.03 Å². The first-order chi connectivity index (χ1) is 8.19. The zero-order valence-corrected chi connectivity index (χ0v) is 11.2. The van der Waals surface area contributed by atoms with Crippen molar-refractivity contribution in [1.82, 2.24) is 15.3 Å². The van der Waals surface area contributed by atoms with E-state index in [4.69, 9.17) is 4.84 Å². The molecule has 1 N–H and O–H groups in total. The molecule has 2 amide bonds. The Morgan fingerprint density at radius 3 is 2.65 bits per heavy atom. The number of rotatable bonds is 5. The van der Waals surface area contributed by atoms with Crippen molar-refractivity contribution in [2.24, 2.45) is 0 Å². The number of nitrogens with zero attached hydrogens (tertiary/aromatic N) is 2. The largest absolute Gasteiger partial charge is 0.338 e. The molecular weight excluding hydrogens is 218 g/mol. The van der Waals surface area contributed by atoms with Crippen molar-refractivity contribution in [2.75, 3.05) is 33.8 Å². The van der Waals surface area contributed by atoms with Crippen molar-refractivity contribution < 1.29 is 9.63 Å². The molecule has 1 saturated heterocycles. The Morgan fingerprint density at radius 2 is 2.12 bits per heavy atom. The van der Waals surface area contributed by atoms with Crippen molar-refractivity contribution in [3.8, 4) is 0 Å². The molecule has 0 bridgehead atoms. The number of hydroxylamine groups is 2. The van der Waals surface area contributed by atoms with Crippen molar-refractivity contribution in [2.45, 2.75) is 38.6 Å². The number of hydrogen-bond acceptors (Lipinski definition) is 3. The van der Waals surface area contributed by atoms with Gasteiger partial charge in [-0.05, 0) is 19.3 Å². The number of piperidine rings is 1. The Labute approximate surface area is 104 Å². The summed E-state index contributed by atoms with van der Waals surface area (Å²) in [6.07, 6.45) is 4.12. The van der Waals surface area contributed by atoms with Gasteiger partial charge < -0.3 is 15.1 Å². The Kier molecular flexibility index (Phi) is 6.29. The summed E-state index contributed by atoms with van der Waals surface area (Å²) in [5.41, 5.74) is 0. The molecule has 5 nitrogen and oxygen atoms in total. The number of amides is 2. The van der Waals surface area contributed by atoms with Gasteiger partial charge in [0.15, 0.2) is 0 Å². The van der Waals surface area contributed by atoms with E-state index in [1.54, 1.807) is 7.11 Å². The van der Waals surface area contributed by atoms with Gasteiger partial charge in [0.25, 0.3) is 0 Å². The third-order valence-corrected chi connectivity index (χ3v) is 3.36. The fourth-order valence-electron chi connectivity index (χ4n) is 2.07. The number of unbranched alkanes of at least 4 members (excludes halogenated alkanes) is 1. The molecule has 1 aliphatic heterocycles. The first-order valence-corrected chi connectivity index (χ1v) is 6.48. The SMILES string of the molecule is CCCCNC(=O)N1CCC(N(C)OC)CC1. The molecule has 0 atom stereocenters. The molecule has 0 radical (unpaired) electrons. The summed E-state index contributed by atoms with van der Waals surface area (Å²) < 4.78 is 0. The summed E-state index contributed by atoms with van der Waals surface area (Å²) in [7, 11) is 3.63. The molecule has 1 fully saturated rings. The molecule has 1 aliphatic rings. The maximum Gasteiger partial charge on any atom is 0.317 e. The van der Waals surface area contributed by atoms with E-state index in [0.29, 0.717) is 6.04 Å². The maximum atomic E-state index is 11.8. The minimum atomic E-state index is 0.0805. The van der Waals surface area contributed by atoms with E-state index in [1.807, 2.05) is 17.0 Å². The van der Waals surface area contributed by atoms with Crippen LogP contribution >= 0.6 is 0 Å². The number of likely N-dealkylation sites (tertiary alicyclic amines) is 1. The monoisotopic (exact) mass is 243 g/mol. The van der Waals surface area contributed by atoms with Gasteiger partial charge in [0, 0.05) is 32.7 Å². The summed E-state index contributed by atoms with van der Waals surface area (Å²) in [6, 6.07) is 0.511. The Morgan fingerprint density at radius 1 is 1.47 bits per heavy atom. The first-order valence-electron chi connectivity index (χ1n) is 6.48. The second kappa shape index (κ2) is 7.50. The standard InChI is InChI=1S/C12H25N3O2/c1-4-5-8-13-12(16)15-9-6-11(7-10-15)14(2)17-3/h11H,4-10H2,1-3H3,(H,13,16). The predicted octanol–water partition coefficient (Wildman–Crippen LogP) is 1.45. The lowest BCUT2D eigenvalue weighted by molar-refractivity contribution is -0.149. The van der Waals surface area contributed by atoms with Crippen LogP contribution < -0.4 is 5.32 Å². The van der Waals surface area contributed by atoms with Gasteiger partial charge in [0.2, 0.25) is 0 Å². The molecule has 0 aromatic carbocycles. The summed E-state index contributed by atoms with van der Waals surface area (Å²) in [4.78, 5) is 18.9. The Hall–Kier alpha value is -0.810. The molecule has 1 heterocycles. The summed E-state index contributed by atoms with van der Waals surface area (Å²) in [5.74, 6) is 0. The van der Waals surface area contributed by atoms with E-state index >= 15 is 0 Å². The molecule has 5 heteroatoms. The minimum Gasteiger partial charge on any atom is -0.338 e. The second-order valence-corrected chi connectivity index (χ2v) is 4.53. The van der Waals surface area contributed by atoms with Crippen LogP contribution in [-0.4, -0.2) is 55.8 Å². The topological polar surface area (TPSA) is 44.8 Å². The van der Waals surface area contributed by atoms with Crippen molar-refractivity contribution in [3.05, 3.63) is 0 Å². The molecule has 0 spiro atoms. The maximum absolute atomic E-state index is 11.8. The molecule has 0 aromatic rings. The van der Waals surface area contributed by atoms with Crippen LogP contribution in [0.25, 0.3) is 0 Å². The number of urea groups is 1. The third kappa shape index (κ3) is 4.52. The van der Waals surface area contributed by atoms with Gasteiger partial charge in [0.05, 0.1) is 7.11 Å². The lowest BCUT2D eigenvalue weighted by Gasteiger charge is -2.35. The van der Waals surface area contributed by atoms with Crippen LogP contribution in [0.5, 0.6) is 0 Å². The lowest BCUT2D eigenvalue weighted by Crippen LogP contribution is -2.48. The lowest BCUT2D eigenvalue weighted by atomic mass is 10.1. The summed E-state index contributed by atoms with van der Waals surface area (Å²) in [5, 5.41) is 4.83. The van der Waals surface area contributed by atoms with Crippen LogP contribution in [0.15, 0.2) is 0 Å². The fraction of sp³-hybridized carbons (Fsp3) is 0.917. The molecule has 17 heavy (non-hydrogen) atoms. The quantitative estimate of drug-likeness (QED) is 0.587. The predicted molar refractivity (Wildman–Crippen MR) is 67.7 cm³/mol. The Balaban J connectivity index is 2.24. The van der Waals surface area contributed by atoms with Crippen molar-refractivity contribution >= 4 is 6.03 Å². The van der Waals surface area contributed by atoms with Crippen LogP contribution in [0, 0.1) is 0 Å². The average Bonchev–Trinajstić information content (AvgIpc) is 2.38. The van der Waals surface area contributed by atoms with Gasteiger partial charge in [0.1, 0.15) is 0 Å². The third-order valence-electron chi connectivity index (χ3n) is 3.36. The van der Waals surface area contributed by atoms with Crippen LogP contribution in [0.4, 0.5) is 4.79 Å². The average molecular weight is 243 g/mol. The van der Waals surface area contributed by atoms with Crippen LogP contribution in [0.3, 0.4) is 0 Å². The van der Waals surface area contributed by atoms with Gasteiger partial charge in [-0.15, -0.1) is 0 Å². The summed E-state index contributed by atoms with van der Waals surface area (Å²) >= 11 is 0. The fourth-order valence-corrected chi connectivity index (χ4v) is 2.07. The highest BCUT2D eigenvalue weighted by Crippen LogP contribution is 2.15. The molecule has 0 unspecified atom stereocenters. The highest BCUT2D eigenvalue weighted by molar-refractivity contribution is 5.74. The van der Waals surface area contributed by atoms with Crippen LogP contribution in [0.1, 0.15) is 32.6 Å². The van der Waals surface area contributed by atoms with Gasteiger partial charge in [-0.1, -0.05) is 13.3 Å². The van der Waals surface area contributed by atoms with E-state index in [0.717, 1.165) is 45.3 Å². The number of carbonyl (C=O) groups excluding carboxylic acids is 1. The van der Waals surface area contributed by atoms with Crippen LogP contribution in [-0.2, 0) is 4.84 Å². The minimum absolute atomic E-state index is 0.0805. The molecular formula is C12H25N3O2. The van der Waals surface area contributed by atoms with Gasteiger partial charge in [-0.2, -0.15) is 5.06 Å². The number of hydrogen-bond donors (Lipinski definition) is 1.